The monoisotopic (exact) mass is 327 g/mol. The van der Waals surface area contributed by atoms with Gasteiger partial charge in [0.2, 0.25) is 0 Å². The van der Waals surface area contributed by atoms with Gasteiger partial charge in [-0.15, -0.1) is 0 Å². The molecule has 0 fully saturated rings. The Balaban J connectivity index is 1.96. The number of phenolic OH excluding ortho intramolecular Hbond substituents is 1. The summed E-state index contributed by atoms with van der Waals surface area (Å²) in [6.45, 7) is 3.79. The van der Waals surface area contributed by atoms with Crippen molar-refractivity contribution in [3.8, 4) is 22.6 Å². The molecule has 5 nitrogen and oxygen atoms in total. The van der Waals surface area contributed by atoms with Crippen molar-refractivity contribution in [1.29, 1.82) is 0 Å². The normalized spacial score (nSPS) is 14.4. The number of benzene rings is 2. The third kappa shape index (κ3) is 3.36. The van der Waals surface area contributed by atoms with Gasteiger partial charge in [-0.3, -0.25) is 9.69 Å². The second-order valence-electron chi connectivity index (χ2n) is 5.93. The predicted molar refractivity (Wildman–Crippen MR) is 91.1 cm³/mol. The molecule has 0 atom stereocenters. The first-order chi connectivity index (χ1) is 11.6. The first-order valence-corrected chi connectivity index (χ1v) is 7.92. The van der Waals surface area contributed by atoms with Crippen LogP contribution in [-0.4, -0.2) is 42.8 Å². The summed E-state index contributed by atoms with van der Waals surface area (Å²) in [5, 5.41) is 10.4. The third-order valence-electron chi connectivity index (χ3n) is 4.23. The molecule has 3 rings (SSSR count). The molecule has 5 heteroatoms. The van der Waals surface area contributed by atoms with Crippen LogP contribution in [0.3, 0.4) is 0 Å². The number of hydrogen-bond acceptors (Lipinski definition) is 5. The van der Waals surface area contributed by atoms with Crippen LogP contribution in [0.1, 0.15) is 11.1 Å². The van der Waals surface area contributed by atoms with E-state index in [4.69, 9.17) is 9.47 Å². The Morgan fingerprint density at radius 2 is 2.12 bits per heavy atom. The minimum absolute atomic E-state index is 0.130. The lowest BCUT2D eigenvalue weighted by Gasteiger charge is -2.18. The molecule has 126 valence electrons. The number of ether oxygens (including phenoxy) is 2. The Bertz CT molecular complexity index is 757. The summed E-state index contributed by atoms with van der Waals surface area (Å²) >= 11 is 0. The average Bonchev–Trinajstić information content (AvgIpc) is 2.77. The van der Waals surface area contributed by atoms with Gasteiger partial charge in [0.05, 0.1) is 13.7 Å². The van der Waals surface area contributed by atoms with Crippen LogP contribution in [0, 0.1) is 6.92 Å². The van der Waals surface area contributed by atoms with Crippen LogP contribution in [0.5, 0.6) is 11.5 Å². The van der Waals surface area contributed by atoms with Gasteiger partial charge in [-0.2, -0.15) is 0 Å². The quantitative estimate of drug-likeness (QED) is 0.879. The van der Waals surface area contributed by atoms with E-state index in [9.17, 15) is 9.90 Å². The standard InChI is InChI=1S/C19H21NO4/c1-13-5-3-4-6-16(13)14-9-15-11-20(12-18(22)23-2)7-8-24-19(15)17(21)10-14/h3-6,9-10,21H,7-8,11-12H2,1-2H3. The number of aromatic hydroxyl groups is 1. The summed E-state index contributed by atoms with van der Waals surface area (Å²) in [5.74, 6) is 0.350. The highest BCUT2D eigenvalue weighted by Crippen LogP contribution is 2.38. The summed E-state index contributed by atoms with van der Waals surface area (Å²) in [4.78, 5) is 13.5. The predicted octanol–water partition coefficient (Wildman–Crippen LogP) is 2.74. The Hall–Kier alpha value is -2.53. The van der Waals surface area contributed by atoms with E-state index in [1.54, 1.807) is 6.07 Å². The zero-order valence-electron chi connectivity index (χ0n) is 13.9. The van der Waals surface area contributed by atoms with Crippen molar-refractivity contribution in [2.75, 3.05) is 26.8 Å². The highest BCUT2D eigenvalue weighted by atomic mass is 16.5. The minimum Gasteiger partial charge on any atom is -0.504 e. The molecule has 0 spiro atoms. The summed E-state index contributed by atoms with van der Waals surface area (Å²) < 4.78 is 10.4. The van der Waals surface area contributed by atoms with Crippen molar-refractivity contribution in [3.63, 3.8) is 0 Å². The molecule has 0 radical (unpaired) electrons. The van der Waals surface area contributed by atoms with E-state index in [2.05, 4.69) is 0 Å². The molecule has 0 unspecified atom stereocenters. The van der Waals surface area contributed by atoms with E-state index in [0.717, 1.165) is 22.3 Å². The Morgan fingerprint density at radius 1 is 1.33 bits per heavy atom. The second-order valence-corrected chi connectivity index (χ2v) is 5.93. The lowest BCUT2D eigenvalue weighted by molar-refractivity contribution is -0.142. The number of rotatable bonds is 3. The van der Waals surface area contributed by atoms with E-state index in [1.807, 2.05) is 42.2 Å². The fourth-order valence-electron chi connectivity index (χ4n) is 2.99. The maximum atomic E-state index is 11.6. The van der Waals surface area contributed by atoms with Crippen molar-refractivity contribution in [1.82, 2.24) is 4.90 Å². The number of hydrogen-bond donors (Lipinski definition) is 1. The second kappa shape index (κ2) is 6.93. The van der Waals surface area contributed by atoms with Crippen molar-refractivity contribution in [2.45, 2.75) is 13.5 Å². The van der Waals surface area contributed by atoms with Gasteiger partial charge in [0.25, 0.3) is 0 Å². The lowest BCUT2D eigenvalue weighted by atomic mass is 9.98. The summed E-state index contributed by atoms with van der Waals surface area (Å²) in [5.41, 5.74) is 4.01. The smallest absolute Gasteiger partial charge is 0.319 e. The summed E-state index contributed by atoms with van der Waals surface area (Å²) in [7, 11) is 1.38. The molecule has 0 aromatic heterocycles. The molecule has 0 bridgehead atoms. The Kier molecular flexibility index (Phi) is 4.71. The van der Waals surface area contributed by atoms with Gasteiger partial charge in [0.15, 0.2) is 11.5 Å². The molecule has 0 saturated heterocycles. The van der Waals surface area contributed by atoms with Gasteiger partial charge in [0.1, 0.15) is 6.61 Å². The first kappa shape index (κ1) is 16.3. The number of fused-ring (bicyclic) bond motifs is 1. The minimum atomic E-state index is -0.280. The van der Waals surface area contributed by atoms with Crippen LogP contribution in [0.2, 0.25) is 0 Å². The highest BCUT2D eigenvalue weighted by molar-refractivity contribution is 5.72. The Morgan fingerprint density at radius 3 is 2.88 bits per heavy atom. The summed E-state index contributed by atoms with van der Waals surface area (Å²) in [6.07, 6.45) is 0. The summed E-state index contributed by atoms with van der Waals surface area (Å²) in [6, 6.07) is 11.8. The molecule has 1 heterocycles. The number of carbonyl (C=O) groups excluding carboxylic acids is 1. The van der Waals surface area contributed by atoms with Crippen LogP contribution in [-0.2, 0) is 16.1 Å². The molecule has 2 aromatic rings. The number of carbonyl (C=O) groups is 1. The largest absolute Gasteiger partial charge is 0.504 e. The van der Waals surface area contributed by atoms with Crippen molar-refractivity contribution < 1.29 is 19.4 Å². The van der Waals surface area contributed by atoms with Crippen LogP contribution >= 0.6 is 0 Å². The number of nitrogens with zero attached hydrogens (tertiary/aromatic N) is 1. The molecule has 1 N–H and O–H groups in total. The van der Waals surface area contributed by atoms with Gasteiger partial charge in [-0.05, 0) is 35.7 Å². The van der Waals surface area contributed by atoms with Crippen LogP contribution < -0.4 is 4.74 Å². The maximum Gasteiger partial charge on any atom is 0.319 e. The molecule has 24 heavy (non-hydrogen) atoms. The molecule has 1 aliphatic rings. The Labute approximate surface area is 141 Å². The molecular weight excluding hydrogens is 306 g/mol. The molecule has 0 amide bonds. The SMILES string of the molecule is COC(=O)CN1CCOc2c(O)cc(-c3ccccc3C)cc2C1. The van der Waals surface area contributed by atoms with E-state index >= 15 is 0 Å². The molecule has 0 saturated carbocycles. The van der Waals surface area contributed by atoms with E-state index in [0.29, 0.717) is 25.4 Å². The zero-order chi connectivity index (χ0) is 17.1. The van der Waals surface area contributed by atoms with Crippen molar-refractivity contribution >= 4 is 5.97 Å². The van der Waals surface area contributed by atoms with Gasteiger partial charge >= 0.3 is 5.97 Å². The highest BCUT2D eigenvalue weighted by Gasteiger charge is 2.21. The average molecular weight is 327 g/mol. The van der Waals surface area contributed by atoms with Crippen LogP contribution in [0.4, 0.5) is 0 Å². The first-order valence-electron chi connectivity index (χ1n) is 7.92. The number of esters is 1. The number of phenols is 1. The van der Waals surface area contributed by atoms with Gasteiger partial charge in [0, 0.05) is 18.7 Å². The maximum absolute atomic E-state index is 11.6. The molecular formula is C19H21NO4. The third-order valence-corrected chi connectivity index (χ3v) is 4.23. The number of aryl methyl sites for hydroxylation is 1. The molecule has 1 aliphatic heterocycles. The topological polar surface area (TPSA) is 59.0 Å². The lowest BCUT2D eigenvalue weighted by Crippen LogP contribution is -2.31. The van der Waals surface area contributed by atoms with Gasteiger partial charge in [-0.1, -0.05) is 24.3 Å². The molecule has 0 aliphatic carbocycles. The fourth-order valence-corrected chi connectivity index (χ4v) is 2.99. The van der Waals surface area contributed by atoms with E-state index < -0.39 is 0 Å². The molecule has 2 aromatic carbocycles. The van der Waals surface area contributed by atoms with Crippen molar-refractivity contribution in [3.05, 3.63) is 47.5 Å². The fraction of sp³-hybridized carbons (Fsp3) is 0.316. The van der Waals surface area contributed by atoms with Gasteiger partial charge < -0.3 is 14.6 Å². The zero-order valence-corrected chi connectivity index (χ0v) is 13.9. The number of methoxy groups -OCH3 is 1. The van der Waals surface area contributed by atoms with E-state index in [1.165, 1.54) is 7.11 Å². The van der Waals surface area contributed by atoms with Crippen LogP contribution in [0.25, 0.3) is 11.1 Å². The van der Waals surface area contributed by atoms with Crippen LogP contribution in [0.15, 0.2) is 36.4 Å². The van der Waals surface area contributed by atoms with Gasteiger partial charge in [-0.25, -0.2) is 0 Å². The van der Waals surface area contributed by atoms with Crippen molar-refractivity contribution in [2.24, 2.45) is 0 Å². The van der Waals surface area contributed by atoms with E-state index in [-0.39, 0.29) is 18.3 Å².